The topological polar surface area (TPSA) is 26.3 Å². The predicted molar refractivity (Wildman–Crippen MR) is 70.5 cm³/mol. The lowest BCUT2D eigenvalue weighted by atomic mass is 10.1. The Morgan fingerprint density at radius 3 is 2.65 bits per heavy atom. The van der Waals surface area contributed by atoms with E-state index >= 15 is 0 Å². The smallest absolute Gasteiger partial charge is 0.309 e. The zero-order chi connectivity index (χ0) is 12.5. The molecular weight excluding hydrogens is 212 g/mol. The average Bonchev–Trinajstić information content (AvgIpc) is 2.36. The van der Waals surface area contributed by atoms with Gasteiger partial charge in [-0.1, -0.05) is 48.6 Å². The van der Waals surface area contributed by atoms with E-state index in [2.05, 4.69) is 12.1 Å². The summed E-state index contributed by atoms with van der Waals surface area (Å²) in [6.07, 6.45) is 6.02. The van der Waals surface area contributed by atoms with Gasteiger partial charge in [-0.25, -0.2) is 0 Å². The molecule has 0 saturated heterocycles. The summed E-state index contributed by atoms with van der Waals surface area (Å²) in [7, 11) is 0. The van der Waals surface area contributed by atoms with Gasteiger partial charge in [0.1, 0.15) is 0 Å². The summed E-state index contributed by atoms with van der Waals surface area (Å²) in [6, 6.07) is 10.1. The van der Waals surface area contributed by atoms with Crippen LogP contribution in [0.3, 0.4) is 0 Å². The van der Waals surface area contributed by atoms with Crippen LogP contribution in [0.2, 0.25) is 0 Å². The quantitative estimate of drug-likeness (QED) is 0.570. The highest BCUT2D eigenvalue weighted by Gasteiger charge is 1.95. The van der Waals surface area contributed by atoms with Gasteiger partial charge >= 0.3 is 5.97 Å². The lowest BCUT2D eigenvalue weighted by Crippen LogP contribution is -2.01. The molecule has 1 rings (SSSR count). The van der Waals surface area contributed by atoms with E-state index in [1.54, 1.807) is 6.92 Å². The van der Waals surface area contributed by atoms with Crippen molar-refractivity contribution in [2.24, 2.45) is 0 Å². The molecule has 0 amide bonds. The molecule has 0 heterocycles. The van der Waals surface area contributed by atoms with Crippen molar-refractivity contribution in [1.82, 2.24) is 0 Å². The SMILES string of the molecule is CCOC(=O)C/C=C\C=C(/C)c1ccccc1. The van der Waals surface area contributed by atoms with Gasteiger partial charge in [-0.2, -0.15) is 0 Å². The predicted octanol–water partition coefficient (Wildman–Crippen LogP) is 3.60. The molecule has 0 aliphatic heterocycles. The van der Waals surface area contributed by atoms with Gasteiger partial charge in [0.05, 0.1) is 13.0 Å². The zero-order valence-corrected chi connectivity index (χ0v) is 10.3. The van der Waals surface area contributed by atoms with Crippen molar-refractivity contribution in [3.05, 3.63) is 54.1 Å². The molecule has 2 nitrogen and oxygen atoms in total. The van der Waals surface area contributed by atoms with Crippen LogP contribution in [0.25, 0.3) is 5.57 Å². The van der Waals surface area contributed by atoms with Gasteiger partial charge in [0, 0.05) is 0 Å². The van der Waals surface area contributed by atoms with Gasteiger partial charge in [-0.3, -0.25) is 4.79 Å². The van der Waals surface area contributed by atoms with Crippen molar-refractivity contribution in [2.75, 3.05) is 6.61 Å². The first kappa shape index (κ1) is 13.2. The average molecular weight is 230 g/mol. The number of esters is 1. The summed E-state index contributed by atoms with van der Waals surface area (Å²) < 4.78 is 4.82. The molecule has 17 heavy (non-hydrogen) atoms. The molecule has 90 valence electrons. The lowest BCUT2D eigenvalue weighted by molar-refractivity contribution is -0.142. The van der Waals surface area contributed by atoms with E-state index in [4.69, 9.17) is 4.74 Å². The van der Waals surface area contributed by atoms with Gasteiger partial charge in [0.15, 0.2) is 0 Å². The van der Waals surface area contributed by atoms with Gasteiger partial charge < -0.3 is 4.74 Å². The fraction of sp³-hybridized carbons (Fsp3) is 0.267. The third-order valence-corrected chi connectivity index (χ3v) is 2.30. The first-order valence-corrected chi connectivity index (χ1v) is 5.78. The van der Waals surface area contributed by atoms with E-state index < -0.39 is 0 Å². The Kier molecular flexibility index (Phi) is 5.80. The van der Waals surface area contributed by atoms with Crippen molar-refractivity contribution in [2.45, 2.75) is 20.3 Å². The van der Waals surface area contributed by atoms with Gasteiger partial charge in [0.25, 0.3) is 0 Å². The van der Waals surface area contributed by atoms with Crippen molar-refractivity contribution in [1.29, 1.82) is 0 Å². The molecule has 1 aromatic carbocycles. The number of benzene rings is 1. The maximum Gasteiger partial charge on any atom is 0.309 e. The van der Waals surface area contributed by atoms with E-state index in [1.807, 2.05) is 43.4 Å². The number of allylic oxidation sites excluding steroid dienone is 3. The number of hydrogen-bond donors (Lipinski definition) is 0. The molecule has 0 N–H and O–H groups in total. The summed E-state index contributed by atoms with van der Waals surface area (Å²) in [5, 5.41) is 0. The fourth-order valence-electron chi connectivity index (χ4n) is 1.39. The largest absolute Gasteiger partial charge is 0.466 e. The maximum atomic E-state index is 11.1. The van der Waals surface area contributed by atoms with E-state index in [0.717, 1.165) is 0 Å². The fourth-order valence-corrected chi connectivity index (χ4v) is 1.39. The number of hydrogen-bond acceptors (Lipinski definition) is 2. The van der Waals surface area contributed by atoms with E-state index in [-0.39, 0.29) is 5.97 Å². The number of rotatable bonds is 5. The van der Waals surface area contributed by atoms with Crippen LogP contribution in [-0.2, 0) is 9.53 Å². The lowest BCUT2D eigenvalue weighted by Gasteiger charge is -1.98. The molecular formula is C15H18O2. The van der Waals surface area contributed by atoms with Crippen LogP contribution in [0.15, 0.2) is 48.6 Å². The molecule has 0 radical (unpaired) electrons. The summed E-state index contributed by atoms with van der Waals surface area (Å²) in [5.74, 6) is -0.186. The standard InChI is InChI=1S/C15H18O2/c1-3-17-15(16)12-8-7-9-13(2)14-10-5-4-6-11-14/h4-11H,3,12H2,1-2H3/b8-7-,13-9+. The van der Waals surface area contributed by atoms with E-state index in [1.165, 1.54) is 11.1 Å². The summed E-state index contributed by atoms with van der Waals surface area (Å²) in [6.45, 7) is 4.29. The van der Waals surface area contributed by atoms with Crippen molar-refractivity contribution in [3.63, 3.8) is 0 Å². The zero-order valence-electron chi connectivity index (χ0n) is 10.3. The van der Waals surface area contributed by atoms with Crippen LogP contribution in [0.1, 0.15) is 25.8 Å². The molecule has 0 aromatic heterocycles. The summed E-state index contributed by atoms with van der Waals surface area (Å²) >= 11 is 0. The van der Waals surface area contributed by atoms with Crippen molar-refractivity contribution >= 4 is 11.5 Å². The highest BCUT2D eigenvalue weighted by atomic mass is 16.5. The maximum absolute atomic E-state index is 11.1. The van der Waals surface area contributed by atoms with Crippen molar-refractivity contribution < 1.29 is 9.53 Å². The molecule has 0 unspecified atom stereocenters. The molecule has 0 spiro atoms. The van der Waals surface area contributed by atoms with Gasteiger partial charge in [-0.05, 0) is 25.0 Å². The number of ether oxygens (including phenoxy) is 1. The molecule has 0 fully saturated rings. The Bertz CT molecular complexity index is 402. The van der Waals surface area contributed by atoms with Gasteiger partial charge in [0.2, 0.25) is 0 Å². The van der Waals surface area contributed by atoms with Crippen LogP contribution >= 0.6 is 0 Å². The second-order valence-electron chi connectivity index (χ2n) is 3.65. The van der Waals surface area contributed by atoms with Crippen LogP contribution < -0.4 is 0 Å². The van der Waals surface area contributed by atoms with E-state index in [0.29, 0.717) is 13.0 Å². The Balaban J connectivity index is 2.48. The molecule has 0 atom stereocenters. The van der Waals surface area contributed by atoms with Crippen LogP contribution in [0, 0.1) is 0 Å². The minimum atomic E-state index is -0.186. The molecule has 1 aromatic rings. The summed E-state index contributed by atoms with van der Waals surface area (Å²) in [4.78, 5) is 11.1. The first-order valence-electron chi connectivity index (χ1n) is 5.78. The highest BCUT2D eigenvalue weighted by Crippen LogP contribution is 2.12. The number of carbonyl (C=O) groups is 1. The normalized spacial score (nSPS) is 11.8. The Hall–Kier alpha value is -1.83. The van der Waals surface area contributed by atoms with Crippen LogP contribution in [0.4, 0.5) is 0 Å². The minimum absolute atomic E-state index is 0.186. The molecule has 2 heteroatoms. The molecule has 0 bridgehead atoms. The molecule has 0 aliphatic rings. The number of carbonyl (C=O) groups excluding carboxylic acids is 1. The Morgan fingerprint density at radius 1 is 1.29 bits per heavy atom. The first-order chi connectivity index (χ1) is 8.24. The second kappa shape index (κ2) is 7.44. The van der Waals surface area contributed by atoms with E-state index in [9.17, 15) is 4.79 Å². The minimum Gasteiger partial charge on any atom is -0.466 e. The van der Waals surface area contributed by atoms with Crippen LogP contribution in [0.5, 0.6) is 0 Å². The Morgan fingerprint density at radius 2 is 2.00 bits per heavy atom. The third-order valence-electron chi connectivity index (χ3n) is 2.30. The third kappa shape index (κ3) is 5.16. The molecule has 0 saturated carbocycles. The van der Waals surface area contributed by atoms with Gasteiger partial charge in [-0.15, -0.1) is 0 Å². The highest BCUT2D eigenvalue weighted by molar-refractivity contribution is 5.71. The van der Waals surface area contributed by atoms with Crippen LogP contribution in [-0.4, -0.2) is 12.6 Å². The van der Waals surface area contributed by atoms with Crippen molar-refractivity contribution in [3.8, 4) is 0 Å². The second-order valence-corrected chi connectivity index (χ2v) is 3.65. The monoisotopic (exact) mass is 230 g/mol. The Labute approximate surface area is 103 Å². The molecule has 0 aliphatic carbocycles. The summed E-state index contributed by atoms with van der Waals surface area (Å²) in [5.41, 5.74) is 2.36.